The highest BCUT2D eigenvalue weighted by Crippen LogP contribution is 2.34. The van der Waals surface area contributed by atoms with E-state index < -0.39 is 0 Å². The molecule has 5 heteroatoms. The summed E-state index contributed by atoms with van der Waals surface area (Å²) < 4.78 is 12.2. The third-order valence-corrected chi connectivity index (χ3v) is 12.5. The summed E-state index contributed by atoms with van der Waals surface area (Å²) in [6.07, 6.45) is 5.37. The maximum atomic E-state index is 5.73. The van der Waals surface area contributed by atoms with Crippen LogP contribution in [0.1, 0.15) is 162 Å². The number of hydrogen-bond acceptors (Lipinski definition) is 5. The van der Waals surface area contributed by atoms with E-state index in [9.17, 15) is 0 Å². The summed E-state index contributed by atoms with van der Waals surface area (Å²) in [5.74, 6) is 3.33. The summed E-state index contributed by atoms with van der Waals surface area (Å²) in [6, 6.07) is 43.9. The molecule has 340 valence electrons. The lowest BCUT2D eigenvalue weighted by molar-refractivity contribution is 0.430. The lowest BCUT2D eigenvalue weighted by Crippen LogP contribution is -2.10. The van der Waals surface area contributed by atoms with E-state index in [1.54, 1.807) is 6.26 Å². The first-order valence-electron chi connectivity index (χ1n) is 22.0. The number of fused-ring (bicyclic) bond motifs is 2. The van der Waals surface area contributed by atoms with Gasteiger partial charge in [-0.2, -0.15) is 0 Å². The van der Waals surface area contributed by atoms with Crippen molar-refractivity contribution >= 4 is 43.7 Å². The van der Waals surface area contributed by atoms with Crippen molar-refractivity contribution in [2.24, 2.45) is 0 Å². The first kappa shape index (κ1) is 54.4. The molecule has 0 fully saturated rings. The Kier molecular flexibility index (Phi) is 21.6. The van der Waals surface area contributed by atoms with Crippen LogP contribution >= 0.6 is 22.7 Å². The van der Waals surface area contributed by atoms with E-state index in [1.165, 1.54) is 36.4 Å². The molecule has 8 rings (SSSR count). The number of aromatic nitrogens is 1. The fourth-order valence-electron chi connectivity index (χ4n) is 5.73. The molecule has 0 saturated carbocycles. The third-order valence-electron chi connectivity index (χ3n) is 9.74. The van der Waals surface area contributed by atoms with Gasteiger partial charge in [-0.05, 0) is 98.7 Å². The number of benzene rings is 3. The molecular weight excluding hydrogens is 807 g/mol. The van der Waals surface area contributed by atoms with Crippen LogP contribution in [0, 0.1) is 0 Å². The minimum atomic E-state index is 0. The second kappa shape index (κ2) is 25.0. The lowest BCUT2D eigenvalue weighted by atomic mass is 9.87. The van der Waals surface area contributed by atoms with Gasteiger partial charge in [0, 0.05) is 43.6 Å². The van der Waals surface area contributed by atoms with Crippen LogP contribution in [0.4, 0.5) is 0 Å². The van der Waals surface area contributed by atoms with E-state index in [0.29, 0.717) is 17.3 Å². The number of para-hydroxylation sites is 1. The zero-order valence-corrected chi connectivity index (χ0v) is 42.3. The average Bonchev–Trinajstić information content (AvgIpc) is 4.06. The van der Waals surface area contributed by atoms with Gasteiger partial charge < -0.3 is 8.83 Å². The van der Waals surface area contributed by atoms with Crippen molar-refractivity contribution < 1.29 is 8.83 Å². The van der Waals surface area contributed by atoms with Crippen LogP contribution in [0.25, 0.3) is 21.1 Å². The highest BCUT2D eigenvalue weighted by Gasteiger charge is 2.19. The standard InChI is InChI=1S/C12H14O.C12H14S.C10H14.C9H13N.C7H10O.C7H10S.CH4/c2*1-12(2,3)11-8-9-6-4-5-7-10(9)13-11;1-10(2,3)9-7-5-4-6-8-9;1-9(2,3)8-4-6-10-7-5-8;2*1-6(2)7-4-3-5-8-7;/h2*4-8H,1-3H3;4-8H,1-3H3;4-7H,1-3H3;2*3-6H,1-2H3;1H4. The van der Waals surface area contributed by atoms with Gasteiger partial charge in [-0.15, -0.1) is 22.7 Å². The van der Waals surface area contributed by atoms with Crippen LogP contribution in [0.15, 0.2) is 160 Å². The van der Waals surface area contributed by atoms with Crippen molar-refractivity contribution in [1.29, 1.82) is 0 Å². The maximum absolute atomic E-state index is 5.73. The fourth-order valence-corrected chi connectivity index (χ4v) is 7.60. The zero-order chi connectivity index (χ0) is 46.1. The van der Waals surface area contributed by atoms with Gasteiger partial charge in [-0.25, -0.2) is 0 Å². The molecular formula is C58H79NO2S2. The Labute approximate surface area is 391 Å². The highest BCUT2D eigenvalue weighted by molar-refractivity contribution is 7.19. The number of nitrogens with zero attached hydrogens (tertiary/aromatic N) is 1. The Morgan fingerprint density at radius 1 is 0.508 bits per heavy atom. The molecule has 0 aliphatic rings. The van der Waals surface area contributed by atoms with E-state index in [1.807, 2.05) is 65.4 Å². The SMILES string of the molecule is C.CC(C)(C)c1cc2ccccc2o1.CC(C)(C)c1cc2ccccc2s1.CC(C)(C)c1ccccc1.CC(C)(C)c1ccncc1.CC(C)c1ccco1.CC(C)c1cccs1. The smallest absolute Gasteiger partial charge is 0.134 e. The topological polar surface area (TPSA) is 39.2 Å². The molecule has 5 heterocycles. The minimum absolute atomic E-state index is 0. The van der Waals surface area contributed by atoms with Crippen LogP contribution < -0.4 is 0 Å². The summed E-state index contributed by atoms with van der Waals surface area (Å²) in [5, 5.41) is 4.68. The number of hydrogen-bond donors (Lipinski definition) is 0. The summed E-state index contributed by atoms with van der Waals surface area (Å²) in [7, 11) is 0. The van der Waals surface area contributed by atoms with Crippen LogP contribution in [0.2, 0.25) is 0 Å². The average molecular weight is 886 g/mol. The Balaban J connectivity index is 0.000000262. The molecule has 8 aromatic rings. The van der Waals surface area contributed by atoms with Crippen molar-refractivity contribution in [1.82, 2.24) is 4.98 Å². The molecule has 3 nitrogen and oxygen atoms in total. The monoisotopic (exact) mass is 886 g/mol. The summed E-state index contributed by atoms with van der Waals surface area (Å²) in [5.41, 5.74) is 4.64. The number of furan rings is 2. The van der Waals surface area contributed by atoms with Crippen molar-refractivity contribution in [3.8, 4) is 0 Å². The molecule has 3 aromatic carbocycles. The first-order chi connectivity index (χ1) is 29.0. The maximum Gasteiger partial charge on any atom is 0.134 e. The first-order valence-corrected chi connectivity index (χ1v) is 23.7. The van der Waals surface area contributed by atoms with Crippen LogP contribution in [0.3, 0.4) is 0 Å². The van der Waals surface area contributed by atoms with E-state index >= 15 is 0 Å². The molecule has 0 bridgehead atoms. The molecule has 0 spiro atoms. The largest absolute Gasteiger partial charge is 0.469 e. The van der Waals surface area contributed by atoms with Gasteiger partial charge in [0.05, 0.1) is 6.26 Å². The van der Waals surface area contributed by atoms with Gasteiger partial charge in [0.1, 0.15) is 17.1 Å². The molecule has 5 aromatic heterocycles. The van der Waals surface area contributed by atoms with Gasteiger partial charge in [0.25, 0.3) is 0 Å². The zero-order valence-electron chi connectivity index (χ0n) is 40.7. The quantitative estimate of drug-likeness (QED) is 0.174. The predicted molar refractivity (Wildman–Crippen MR) is 281 cm³/mol. The Hall–Kier alpha value is -4.71. The molecule has 0 saturated heterocycles. The predicted octanol–water partition coefficient (Wildman–Crippen LogP) is 19.2. The summed E-state index contributed by atoms with van der Waals surface area (Å²) in [6.45, 7) is 35.2. The van der Waals surface area contributed by atoms with E-state index in [4.69, 9.17) is 8.83 Å². The van der Waals surface area contributed by atoms with E-state index in [0.717, 1.165) is 17.1 Å². The Morgan fingerprint density at radius 3 is 1.46 bits per heavy atom. The second-order valence-corrected chi connectivity index (χ2v) is 22.3. The summed E-state index contributed by atoms with van der Waals surface area (Å²) in [4.78, 5) is 6.90. The Morgan fingerprint density at radius 2 is 1.06 bits per heavy atom. The molecule has 0 amide bonds. The number of thiophene rings is 2. The van der Waals surface area contributed by atoms with Gasteiger partial charge in [0.2, 0.25) is 0 Å². The van der Waals surface area contributed by atoms with Crippen LogP contribution in [-0.4, -0.2) is 4.98 Å². The van der Waals surface area contributed by atoms with Gasteiger partial charge >= 0.3 is 0 Å². The molecule has 0 atom stereocenters. The minimum Gasteiger partial charge on any atom is -0.469 e. The molecule has 0 unspecified atom stereocenters. The van der Waals surface area contributed by atoms with Crippen molar-refractivity contribution in [3.63, 3.8) is 0 Å². The summed E-state index contributed by atoms with van der Waals surface area (Å²) >= 11 is 3.74. The normalized spacial score (nSPS) is 11.3. The van der Waals surface area contributed by atoms with Gasteiger partial charge in [-0.3, -0.25) is 4.98 Å². The lowest BCUT2D eigenvalue weighted by Gasteiger charge is -2.18. The van der Waals surface area contributed by atoms with Crippen LogP contribution in [-0.2, 0) is 21.7 Å². The Bertz CT molecular complexity index is 2130. The second-order valence-electron chi connectivity index (χ2n) is 20.2. The number of pyridine rings is 1. The van der Waals surface area contributed by atoms with Gasteiger partial charge in [-0.1, -0.05) is 191 Å². The van der Waals surface area contributed by atoms with Gasteiger partial charge in [0.15, 0.2) is 0 Å². The van der Waals surface area contributed by atoms with Crippen molar-refractivity contribution in [2.45, 2.75) is 152 Å². The molecule has 63 heavy (non-hydrogen) atoms. The molecule has 0 aliphatic heterocycles. The van der Waals surface area contributed by atoms with E-state index in [2.05, 4.69) is 218 Å². The molecule has 0 aliphatic carbocycles. The van der Waals surface area contributed by atoms with E-state index in [-0.39, 0.29) is 23.7 Å². The molecule has 0 radical (unpaired) electrons. The fraction of sp³-hybridized carbons (Fsp3) is 0.397. The van der Waals surface area contributed by atoms with Crippen molar-refractivity contribution in [2.75, 3.05) is 0 Å². The third kappa shape index (κ3) is 19.3. The highest BCUT2D eigenvalue weighted by atomic mass is 32.1. The molecule has 0 N–H and O–H groups in total. The number of rotatable bonds is 2. The van der Waals surface area contributed by atoms with Crippen molar-refractivity contribution in [3.05, 3.63) is 184 Å². The van der Waals surface area contributed by atoms with Crippen LogP contribution in [0.5, 0.6) is 0 Å².